The molecule has 0 aromatic heterocycles. The standard InChI is InChI=1S/C12H17BrN2O2S/c1-9-8-15(10(2)7-14-9)18(16,17)12-5-3-4-11(13)6-12/h3-6,9-10,14H,7-8H2,1-2H3. The molecule has 1 N–H and O–H groups in total. The molecule has 2 atom stereocenters. The van der Waals surface area contributed by atoms with Crippen LogP contribution < -0.4 is 5.32 Å². The minimum atomic E-state index is -3.40. The fraction of sp³-hybridized carbons (Fsp3) is 0.500. The number of piperazine rings is 1. The second-order valence-electron chi connectivity index (χ2n) is 4.69. The molecule has 1 aliphatic heterocycles. The molecule has 1 aromatic carbocycles. The predicted octanol–water partition coefficient (Wildman–Crippen LogP) is 1.82. The van der Waals surface area contributed by atoms with Crippen LogP contribution in [0.1, 0.15) is 13.8 Å². The van der Waals surface area contributed by atoms with Crippen molar-refractivity contribution in [1.29, 1.82) is 0 Å². The van der Waals surface area contributed by atoms with Crippen LogP contribution >= 0.6 is 15.9 Å². The predicted molar refractivity (Wildman–Crippen MR) is 75.0 cm³/mol. The van der Waals surface area contributed by atoms with Crippen LogP contribution in [0.2, 0.25) is 0 Å². The fourth-order valence-corrected chi connectivity index (χ4v) is 4.40. The van der Waals surface area contributed by atoms with E-state index in [4.69, 9.17) is 0 Å². The number of rotatable bonds is 2. The summed E-state index contributed by atoms with van der Waals surface area (Å²) in [6.07, 6.45) is 0. The molecule has 6 heteroatoms. The molecule has 1 fully saturated rings. The number of nitrogens with one attached hydrogen (secondary N) is 1. The van der Waals surface area contributed by atoms with Crippen LogP contribution in [0.15, 0.2) is 33.6 Å². The molecule has 0 spiro atoms. The summed E-state index contributed by atoms with van der Waals surface area (Å²) in [4.78, 5) is 0.345. The van der Waals surface area contributed by atoms with E-state index in [1.165, 1.54) is 0 Å². The molecule has 4 nitrogen and oxygen atoms in total. The van der Waals surface area contributed by atoms with Crippen molar-refractivity contribution < 1.29 is 8.42 Å². The number of nitrogens with zero attached hydrogens (tertiary/aromatic N) is 1. The van der Waals surface area contributed by atoms with Gasteiger partial charge in [-0.1, -0.05) is 22.0 Å². The van der Waals surface area contributed by atoms with Gasteiger partial charge in [-0.15, -0.1) is 0 Å². The van der Waals surface area contributed by atoms with Gasteiger partial charge >= 0.3 is 0 Å². The van der Waals surface area contributed by atoms with Crippen molar-refractivity contribution in [3.05, 3.63) is 28.7 Å². The molecule has 1 aromatic rings. The maximum Gasteiger partial charge on any atom is 0.243 e. The van der Waals surface area contributed by atoms with Gasteiger partial charge in [0.15, 0.2) is 0 Å². The summed E-state index contributed by atoms with van der Waals surface area (Å²) in [5.74, 6) is 0. The van der Waals surface area contributed by atoms with Crippen molar-refractivity contribution in [3.63, 3.8) is 0 Å². The van der Waals surface area contributed by atoms with Crippen LogP contribution in [0.4, 0.5) is 0 Å². The Labute approximate surface area is 117 Å². The molecule has 1 heterocycles. The lowest BCUT2D eigenvalue weighted by Crippen LogP contribution is -2.56. The van der Waals surface area contributed by atoms with E-state index >= 15 is 0 Å². The molecular formula is C12H17BrN2O2S. The molecule has 2 rings (SSSR count). The van der Waals surface area contributed by atoms with Gasteiger partial charge in [0.1, 0.15) is 0 Å². The minimum absolute atomic E-state index is 0.0230. The van der Waals surface area contributed by atoms with Gasteiger partial charge in [0.25, 0.3) is 0 Å². The van der Waals surface area contributed by atoms with E-state index in [1.54, 1.807) is 22.5 Å². The van der Waals surface area contributed by atoms with Gasteiger partial charge in [0.05, 0.1) is 4.90 Å². The second kappa shape index (κ2) is 5.28. The van der Waals surface area contributed by atoms with Gasteiger partial charge in [-0.3, -0.25) is 0 Å². The number of sulfonamides is 1. The first-order valence-electron chi connectivity index (χ1n) is 5.92. The quantitative estimate of drug-likeness (QED) is 0.898. The fourth-order valence-electron chi connectivity index (χ4n) is 2.09. The zero-order chi connectivity index (χ0) is 13.3. The monoisotopic (exact) mass is 332 g/mol. The third-order valence-electron chi connectivity index (χ3n) is 3.11. The Morgan fingerprint density at radius 1 is 1.39 bits per heavy atom. The normalized spacial score (nSPS) is 26.2. The summed E-state index contributed by atoms with van der Waals surface area (Å²) >= 11 is 3.31. The summed E-state index contributed by atoms with van der Waals surface area (Å²) in [5, 5.41) is 3.28. The van der Waals surface area contributed by atoms with Crippen molar-refractivity contribution in [2.45, 2.75) is 30.8 Å². The van der Waals surface area contributed by atoms with Crippen LogP contribution in [0.3, 0.4) is 0 Å². The minimum Gasteiger partial charge on any atom is -0.311 e. The maximum absolute atomic E-state index is 12.6. The van der Waals surface area contributed by atoms with E-state index in [1.807, 2.05) is 19.9 Å². The Bertz CT molecular complexity index is 533. The zero-order valence-electron chi connectivity index (χ0n) is 10.4. The highest BCUT2D eigenvalue weighted by atomic mass is 79.9. The highest BCUT2D eigenvalue weighted by Crippen LogP contribution is 2.23. The van der Waals surface area contributed by atoms with Crippen molar-refractivity contribution in [3.8, 4) is 0 Å². The SMILES string of the molecule is CC1CN(S(=O)(=O)c2cccc(Br)c2)C(C)CN1. The first kappa shape index (κ1) is 14.0. The average molecular weight is 333 g/mol. The molecule has 0 radical (unpaired) electrons. The van der Waals surface area contributed by atoms with Crippen LogP contribution in [-0.2, 0) is 10.0 Å². The largest absolute Gasteiger partial charge is 0.311 e. The Morgan fingerprint density at radius 3 is 2.78 bits per heavy atom. The van der Waals surface area contributed by atoms with Gasteiger partial charge < -0.3 is 5.32 Å². The van der Waals surface area contributed by atoms with Gasteiger partial charge in [-0.2, -0.15) is 4.31 Å². The highest BCUT2D eigenvalue weighted by Gasteiger charge is 2.33. The van der Waals surface area contributed by atoms with E-state index in [2.05, 4.69) is 21.2 Å². The van der Waals surface area contributed by atoms with E-state index in [9.17, 15) is 8.42 Å². The number of halogens is 1. The average Bonchev–Trinajstić information content (AvgIpc) is 2.32. The Morgan fingerprint density at radius 2 is 2.11 bits per heavy atom. The molecule has 0 amide bonds. The van der Waals surface area contributed by atoms with Crippen LogP contribution in [0.25, 0.3) is 0 Å². The Hall–Kier alpha value is -0.430. The van der Waals surface area contributed by atoms with Gasteiger partial charge in [0.2, 0.25) is 10.0 Å². The summed E-state index contributed by atoms with van der Waals surface area (Å²) in [6.45, 7) is 5.12. The Kier molecular flexibility index (Phi) is 4.11. The smallest absolute Gasteiger partial charge is 0.243 e. The van der Waals surface area contributed by atoms with Crippen molar-refractivity contribution >= 4 is 26.0 Å². The lowest BCUT2D eigenvalue weighted by molar-refractivity contribution is 0.244. The third kappa shape index (κ3) is 2.77. The first-order chi connectivity index (χ1) is 8.41. The second-order valence-corrected chi connectivity index (χ2v) is 7.50. The van der Waals surface area contributed by atoms with E-state index in [-0.39, 0.29) is 12.1 Å². The summed E-state index contributed by atoms with van der Waals surface area (Å²) in [6, 6.07) is 7.01. The molecule has 2 unspecified atom stereocenters. The maximum atomic E-state index is 12.6. The van der Waals surface area contributed by atoms with E-state index < -0.39 is 10.0 Å². The summed E-state index contributed by atoms with van der Waals surface area (Å²) in [7, 11) is -3.40. The van der Waals surface area contributed by atoms with Crippen LogP contribution in [0.5, 0.6) is 0 Å². The molecule has 0 bridgehead atoms. The van der Waals surface area contributed by atoms with E-state index in [0.29, 0.717) is 18.0 Å². The van der Waals surface area contributed by atoms with Crippen molar-refractivity contribution in [2.75, 3.05) is 13.1 Å². The van der Waals surface area contributed by atoms with Gasteiger partial charge in [-0.25, -0.2) is 8.42 Å². The lowest BCUT2D eigenvalue weighted by atomic mass is 10.2. The van der Waals surface area contributed by atoms with Crippen molar-refractivity contribution in [1.82, 2.24) is 9.62 Å². The lowest BCUT2D eigenvalue weighted by Gasteiger charge is -2.36. The van der Waals surface area contributed by atoms with Crippen LogP contribution in [-0.4, -0.2) is 37.9 Å². The molecule has 0 saturated carbocycles. The number of benzene rings is 1. The molecule has 1 saturated heterocycles. The van der Waals surface area contributed by atoms with Gasteiger partial charge in [0, 0.05) is 29.6 Å². The molecule has 18 heavy (non-hydrogen) atoms. The summed E-state index contributed by atoms with van der Waals surface area (Å²) in [5.41, 5.74) is 0. The van der Waals surface area contributed by atoms with E-state index in [0.717, 1.165) is 4.47 Å². The molecular weight excluding hydrogens is 316 g/mol. The molecule has 1 aliphatic rings. The van der Waals surface area contributed by atoms with Gasteiger partial charge in [-0.05, 0) is 32.0 Å². The molecule has 100 valence electrons. The Balaban J connectivity index is 2.35. The highest BCUT2D eigenvalue weighted by molar-refractivity contribution is 9.10. The summed E-state index contributed by atoms with van der Waals surface area (Å²) < 4.78 is 27.5. The number of hydrogen-bond donors (Lipinski definition) is 1. The first-order valence-corrected chi connectivity index (χ1v) is 8.15. The third-order valence-corrected chi connectivity index (χ3v) is 5.58. The topological polar surface area (TPSA) is 49.4 Å². The van der Waals surface area contributed by atoms with Crippen LogP contribution in [0, 0.1) is 0 Å². The van der Waals surface area contributed by atoms with Crippen molar-refractivity contribution in [2.24, 2.45) is 0 Å². The zero-order valence-corrected chi connectivity index (χ0v) is 12.8. The molecule has 0 aliphatic carbocycles. The number of hydrogen-bond acceptors (Lipinski definition) is 3.